The van der Waals surface area contributed by atoms with Crippen molar-refractivity contribution in [1.82, 2.24) is 15.5 Å². The van der Waals surface area contributed by atoms with Gasteiger partial charge in [-0.05, 0) is 25.0 Å². The summed E-state index contributed by atoms with van der Waals surface area (Å²) < 4.78 is 11.4. The Morgan fingerprint density at radius 2 is 1.77 bits per heavy atom. The Hall–Kier alpha value is -2.81. The first kappa shape index (κ1) is 20.5. The van der Waals surface area contributed by atoms with Gasteiger partial charge in [-0.15, -0.1) is 0 Å². The van der Waals surface area contributed by atoms with Gasteiger partial charge in [0.25, 0.3) is 11.8 Å². The maximum Gasteiger partial charge on any atom is 0.321 e. The molecule has 1 aliphatic carbocycles. The van der Waals surface area contributed by atoms with Crippen molar-refractivity contribution in [2.75, 3.05) is 39.3 Å². The van der Waals surface area contributed by atoms with Gasteiger partial charge in [-0.1, -0.05) is 25.0 Å². The average molecular weight is 417 g/mol. The number of carbonyl (C=O) groups excluding carboxylic acids is 3. The van der Waals surface area contributed by atoms with Gasteiger partial charge in [0.1, 0.15) is 6.61 Å². The molecule has 1 saturated carbocycles. The highest BCUT2D eigenvalue weighted by Crippen LogP contribution is 2.31. The number of quaternary nitrogens is 1. The second-order valence-corrected chi connectivity index (χ2v) is 8.12. The van der Waals surface area contributed by atoms with E-state index in [-0.39, 0.29) is 31.0 Å². The minimum absolute atomic E-state index is 0.0936. The van der Waals surface area contributed by atoms with Crippen LogP contribution >= 0.6 is 0 Å². The Balaban J connectivity index is 1.19. The van der Waals surface area contributed by atoms with E-state index in [0.717, 1.165) is 30.6 Å². The number of benzene rings is 1. The third-order valence-electron chi connectivity index (χ3n) is 5.92. The number of piperazine rings is 1. The SMILES string of the molecule is O=C(C[NH+]1CCN(C(=O)[C@H]2COc3ccccc3O2)CC1)NC(=O)NC1CCCC1. The molecule has 3 aliphatic rings. The highest BCUT2D eigenvalue weighted by molar-refractivity contribution is 5.94. The Bertz CT molecular complexity index is 787. The second kappa shape index (κ2) is 9.34. The molecule has 2 aliphatic heterocycles. The van der Waals surface area contributed by atoms with Crippen molar-refractivity contribution in [3.05, 3.63) is 24.3 Å². The molecule has 0 unspecified atom stereocenters. The fraction of sp³-hybridized carbons (Fsp3) is 0.571. The van der Waals surface area contributed by atoms with Gasteiger partial charge in [0.2, 0.25) is 6.10 Å². The topological polar surface area (TPSA) is 101 Å². The Morgan fingerprint density at radius 3 is 2.50 bits per heavy atom. The molecule has 2 fully saturated rings. The molecular weight excluding hydrogens is 388 g/mol. The Kier molecular flexibility index (Phi) is 6.37. The number of fused-ring (bicyclic) bond motifs is 1. The van der Waals surface area contributed by atoms with E-state index in [4.69, 9.17) is 9.47 Å². The number of carbonyl (C=O) groups is 3. The maximum atomic E-state index is 12.8. The van der Waals surface area contributed by atoms with Gasteiger partial charge in [-0.25, -0.2) is 4.79 Å². The normalized spacial score (nSPS) is 21.9. The highest BCUT2D eigenvalue weighted by Gasteiger charge is 2.34. The lowest BCUT2D eigenvalue weighted by Gasteiger charge is -2.35. The van der Waals surface area contributed by atoms with Gasteiger partial charge < -0.3 is 24.6 Å². The summed E-state index contributed by atoms with van der Waals surface area (Å²) in [5.41, 5.74) is 0. The van der Waals surface area contributed by atoms with Gasteiger partial charge in [0.15, 0.2) is 18.0 Å². The number of para-hydroxylation sites is 2. The summed E-state index contributed by atoms with van der Waals surface area (Å²) in [6, 6.07) is 7.08. The molecule has 1 atom stereocenters. The molecule has 162 valence electrons. The average Bonchev–Trinajstić information content (AvgIpc) is 3.26. The number of ether oxygens (including phenoxy) is 2. The predicted molar refractivity (Wildman–Crippen MR) is 107 cm³/mol. The lowest BCUT2D eigenvalue weighted by molar-refractivity contribution is -0.896. The molecule has 4 rings (SSSR count). The van der Waals surface area contributed by atoms with Crippen molar-refractivity contribution in [1.29, 1.82) is 0 Å². The zero-order valence-corrected chi connectivity index (χ0v) is 17.0. The summed E-state index contributed by atoms with van der Waals surface area (Å²) in [6.45, 7) is 2.79. The van der Waals surface area contributed by atoms with Gasteiger partial charge >= 0.3 is 6.03 Å². The molecule has 9 heteroatoms. The van der Waals surface area contributed by atoms with Gasteiger partial charge in [-0.3, -0.25) is 14.9 Å². The Morgan fingerprint density at radius 1 is 1.07 bits per heavy atom. The summed E-state index contributed by atoms with van der Waals surface area (Å²) >= 11 is 0. The van der Waals surface area contributed by atoms with E-state index >= 15 is 0 Å². The summed E-state index contributed by atoms with van der Waals surface area (Å²) in [5, 5.41) is 5.28. The number of hydrogen-bond acceptors (Lipinski definition) is 5. The van der Waals surface area contributed by atoms with Crippen LogP contribution in [-0.2, 0) is 9.59 Å². The van der Waals surface area contributed by atoms with Gasteiger partial charge in [-0.2, -0.15) is 0 Å². The molecule has 0 radical (unpaired) electrons. The zero-order valence-electron chi connectivity index (χ0n) is 17.0. The molecule has 0 bridgehead atoms. The molecule has 9 nitrogen and oxygen atoms in total. The fourth-order valence-electron chi connectivity index (χ4n) is 4.25. The lowest BCUT2D eigenvalue weighted by atomic mass is 10.2. The number of nitrogens with zero attached hydrogens (tertiary/aromatic N) is 1. The van der Waals surface area contributed by atoms with Crippen LogP contribution in [-0.4, -0.2) is 74.2 Å². The van der Waals surface area contributed by atoms with E-state index in [1.54, 1.807) is 11.0 Å². The van der Waals surface area contributed by atoms with Crippen LogP contribution in [0.25, 0.3) is 0 Å². The molecule has 3 N–H and O–H groups in total. The third kappa shape index (κ3) is 5.02. The first-order valence-electron chi connectivity index (χ1n) is 10.7. The first-order chi connectivity index (χ1) is 14.6. The van der Waals surface area contributed by atoms with Crippen LogP contribution in [0.2, 0.25) is 0 Å². The van der Waals surface area contributed by atoms with Crippen LogP contribution in [0.5, 0.6) is 11.5 Å². The monoisotopic (exact) mass is 417 g/mol. The predicted octanol–water partition coefficient (Wildman–Crippen LogP) is -0.678. The number of rotatable bonds is 4. The molecule has 1 saturated heterocycles. The summed E-state index contributed by atoms with van der Waals surface area (Å²) in [4.78, 5) is 39.7. The van der Waals surface area contributed by atoms with Crippen LogP contribution in [0.3, 0.4) is 0 Å². The number of urea groups is 1. The highest BCUT2D eigenvalue weighted by atomic mass is 16.6. The minimum Gasteiger partial charge on any atom is -0.485 e. The van der Waals surface area contributed by atoms with E-state index in [1.807, 2.05) is 18.2 Å². The molecule has 1 aromatic carbocycles. The van der Waals surface area contributed by atoms with Crippen LogP contribution in [0.1, 0.15) is 25.7 Å². The molecule has 2 heterocycles. The standard InChI is InChI=1S/C21H28N4O5/c26-19(23-21(28)22-15-5-1-2-6-15)13-24-9-11-25(12-10-24)20(27)18-14-29-16-7-3-4-8-17(16)30-18/h3-4,7-8,15,18H,1-2,5-6,9-14H2,(H2,22,23,26,28)/p+1/t18-/m1/s1. The van der Waals surface area contributed by atoms with Crippen LogP contribution < -0.4 is 25.0 Å². The van der Waals surface area contributed by atoms with E-state index in [2.05, 4.69) is 10.6 Å². The van der Waals surface area contributed by atoms with Crippen molar-refractivity contribution in [2.24, 2.45) is 0 Å². The van der Waals surface area contributed by atoms with Crippen LogP contribution in [0.4, 0.5) is 4.79 Å². The van der Waals surface area contributed by atoms with Crippen molar-refractivity contribution in [3.8, 4) is 11.5 Å². The molecular formula is C21H29N4O5+. The second-order valence-electron chi connectivity index (χ2n) is 8.12. The maximum absolute atomic E-state index is 12.8. The van der Waals surface area contributed by atoms with Gasteiger partial charge in [0.05, 0.1) is 26.2 Å². The molecule has 1 aromatic rings. The largest absolute Gasteiger partial charge is 0.485 e. The molecule has 4 amide bonds. The Labute approximate surface area is 175 Å². The van der Waals surface area contributed by atoms with Crippen LogP contribution in [0, 0.1) is 0 Å². The molecule has 30 heavy (non-hydrogen) atoms. The van der Waals surface area contributed by atoms with E-state index in [0.29, 0.717) is 37.7 Å². The van der Waals surface area contributed by atoms with Crippen molar-refractivity contribution >= 4 is 17.8 Å². The summed E-state index contributed by atoms with van der Waals surface area (Å²) in [6.07, 6.45) is 3.55. The smallest absolute Gasteiger partial charge is 0.321 e. The number of imide groups is 1. The quantitative estimate of drug-likeness (QED) is 0.603. The number of nitrogens with one attached hydrogen (secondary N) is 3. The van der Waals surface area contributed by atoms with E-state index in [1.165, 1.54) is 0 Å². The van der Waals surface area contributed by atoms with Crippen molar-refractivity contribution in [3.63, 3.8) is 0 Å². The van der Waals surface area contributed by atoms with Crippen molar-refractivity contribution in [2.45, 2.75) is 37.8 Å². The van der Waals surface area contributed by atoms with E-state index in [9.17, 15) is 14.4 Å². The molecule has 0 aromatic heterocycles. The minimum atomic E-state index is -0.649. The van der Waals surface area contributed by atoms with E-state index < -0.39 is 12.1 Å². The first-order valence-corrected chi connectivity index (χ1v) is 10.7. The molecule has 0 spiro atoms. The van der Waals surface area contributed by atoms with Crippen LogP contribution in [0.15, 0.2) is 24.3 Å². The van der Waals surface area contributed by atoms with Crippen molar-refractivity contribution < 1.29 is 28.8 Å². The third-order valence-corrected chi connectivity index (χ3v) is 5.92. The summed E-state index contributed by atoms with van der Waals surface area (Å²) in [7, 11) is 0. The fourth-order valence-corrected chi connectivity index (χ4v) is 4.25. The lowest BCUT2D eigenvalue weighted by Crippen LogP contribution is -3.16. The summed E-state index contributed by atoms with van der Waals surface area (Å²) in [5.74, 6) is 0.850. The van der Waals surface area contributed by atoms with Gasteiger partial charge in [0, 0.05) is 6.04 Å². The number of hydrogen-bond donors (Lipinski definition) is 3. The number of amides is 4. The zero-order chi connectivity index (χ0) is 20.9.